The van der Waals surface area contributed by atoms with Crippen LogP contribution in [0.25, 0.3) is 16.7 Å². The van der Waals surface area contributed by atoms with Crippen molar-refractivity contribution >= 4 is 16.9 Å². The lowest BCUT2D eigenvalue weighted by molar-refractivity contribution is -0.173. The first-order chi connectivity index (χ1) is 17.7. The molecule has 1 aromatic carbocycles. The van der Waals surface area contributed by atoms with Crippen molar-refractivity contribution in [2.75, 3.05) is 13.1 Å². The summed E-state index contributed by atoms with van der Waals surface area (Å²) in [5.74, 6) is -0.634. The summed E-state index contributed by atoms with van der Waals surface area (Å²) in [5.41, 5.74) is -0.653. The summed E-state index contributed by atoms with van der Waals surface area (Å²) < 4.78 is 45.5. The number of alkyl halides is 2. The number of fused-ring (bicyclic) bond motifs is 1. The maximum atomic E-state index is 13.3. The Bertz CT molecular complexity index is 1310. The molecule has 1 N–H and O–H groups in total. The maximum absolute atomic E-state index is 13.3. The van der Waals surface area contributed by atoms with Crippen molar-refractivity contribution in [3.8, 4) is 5.69 Å². The van der Waals surface area contributed by atoms with E-state index in [1.54, 1.807) is 4.90 Å². The summed E-state index contributed by atoms with van der Waals surface area (Å²) >= 11 is 0. The molecule has 1 saturated heterocycles. The molecule has 1 saturated carbocycles. The van der Waals surface area contributed by atoms with E-state index in [0.29, 0.717) is 62.9 Å². The van der Waals surface area contributed by atoms with Gasteiger partial charge in [-0.05, 0) is 62.8 Å². The number of hydrogen-bond donors (Lipinski definition) is 1. The topological polar surface area (TPSA) is 102 Å². The normalized spacial score (nSPS) is 22.0. The molecule has 2 fully saturated rings. The van der Waals surface area contributed by atoms with Crippen molar-refractivity contribution < 1.29 is 27.8 Å². The van der Waals surface area contributed by atoms with E-state index < -0.39 is 18.3 Å². The minimum Gasteiger partial charge on any atom is -0.388 e. The highest BCUT2D eigenvalue weighted by Gasteiger charge is 2.37. The highest BCUT2D eigenvalue weighted by molar-refractivity contribution is 5.79. The fraction of sp³-hybridized carbons (Fsp3) is 0.520. The molecule has 3 heterocycles. The van der Waals surface area contributed by atoms with Crippen LogP contribution in [0.4, 0.5) is 13.2 Å². The van der Waals surface area contributed by atoms with Gasteiger partial charge in [0.15, 0.2) is 5.65 Å². The van der Waals surface area contributed by atoms with Crippen LogP contribution in [0, 0.1) is 11.7 Å². The first-order valence-corrected chi connectivity index (χ1v) is 12.4. The van der Waals surface area contributed by atoms with Gasteiger partial charge in [0.2, 0.25) is 5.91 Å². The minimum absolute atomic E-state index is 0.0222. The number of halogens is 3. The van der Waals surface area contributed by atoms with E-state index >= 15 is 0 Å². The van der Waals surface area contributed by atoms with E-state index in [9.17, 15) is 27.9 Å². The molecule has 0 spiro atoms. The zero-order chi connectivity index (χ0) is 26.2. The van der Waals surface area contributed by atoms with Crippen LogP contribution in [-0.4, -0.2) is 66.7 Å². The number of amides is 1. The Kier molecular flexibility index (Phi) is 7.04. The third-order valence-corrected chi connectivity index (χ3v) is 7.41. The zero-order valence-electron chi connectivity index (χ0n) is 20.1. The minimum atomic E-state index is -2.80. The second-order valence-electron chi connectivity index (χ2n) is 9.87. The number of carbonyl (C=O) groups is 1. The van der Waals surface area contributed by atoms with E-state index in [1.165, 1.54) is 46.0 Å². The standard InChI is InChI=1S/C25H28F3N5O4/c26-17-3-5-18(6-4-17)33-21-20(13-30-33)23(35)32(15-29-21)14-25(36)9-11-31(12-10-25)22(34)16-1-7-19(8-2-16)37-24(27)28/h3-6,13,15-16,19,24,36H,1-2,7-12,14H2. The fourth-order valence-corrected chi connectivity index (χ4v) is 5.30. The highest BCUT2D eigenvalue weighted by atomic mass is 19.3. The van der Waals surface area contributed by atoms with E-state index in [1.807, 2.05) is 0 Å². The van der Waals surface area contributed by atoms with Gasteiger partial charge >= 0.3 is 6.61 Å². The van der Waals surface area contributed by atoms with Crippen molar-refractivity contribution in [1.82, 2.24) is 24.2 Å². The molecule has 1 aliphatic heterocycles. The van der Waals surface area contributed by atoms with Crippen LogP contribution in [0.5, 0.6) is 0 Å². The van der Waals surface area contributed by atoms with E-state index in [-0.39, 0.29) is 35.1 Å². The molecule has 0 radical (unpaired) electrons. The van der Waals surface area contributed by atoms with E-state index in [4.69, 9.17) is 0 Å². The Labute approximate surface area is 210 Å². The molecular formula is C25H28F3N5O4. The maximum Gasteiger partial charge on any atom is 0.345 e. The van der Waals surface area contributed by atoms with E-state index in [2.05, 4.69) is 14.8 Å². The summed E-state index contributed by atoms with van der Waals surface area (Å²) in [6.07, 6.45) is 4.70. The number of piperidine rings is 1. The second kappa shape index (κ2) is 10.3. The van der Waals surface area contributed by atoms with Gasteiger partial charge in [-0.2, -0.15) is 13.9 Å². The first kappa shape index (κ1) is 25.4. The average Bonchev–Trinajstić information content (AvgIpc) is 3.31. The Morgan fingerprint density at radius 3 is 2.46 bits per heavy atom. The van der Waals surface area contributed by atoms with E-state index in [0.717, 1.165) is 0 Å². The molecule has 9 nitrogen and oxygen atoms in total. The van der Waals surface area contributed by atoms with Crippen LogP contribution in [0.1, 0.15) is 38.5 Å². The lowest BCUT2D eigenvalue weighted by atomic mass is 9.85. The number of likely N-dealkylation sites (tertiary alicyclic amines) is 1. The number of aliphatic hydroxyl groups is 1. The summed E-state index contributed by atoms with van der Waals surface area (Å²) in [6, 6.07) is 5.67. The molecule has 37 heavy (non-hydrogen) atoms. The van der Waals surface area contributed by atoms with Crippen molar-refractivity contribution in [2.45, 2.75) is 63.4 Å². The van der Waals surface area contributed by atoms with Gasteiger partial charge in [-0.25, -0.2) is 14.1 Å². The molecule has 2 aromatic heterocycles. The average molecular weight is 520 g/mol. The van der Waals surface area contributed by atoms with Crippen LogP contribution in [-0.2, 0) is 16.1 Å². The number of hydrogen-bond acceptors (Lipinski definition) is 6. The van der Waals surface area contributed by atoms with Crippen LogP contribution < -0.4 is 5.56 Å². The summed E-state index contributed by atoms with van der Waals surface area (Å²) in [5, 5.41) is 15.7. The molecule has 5 rings (SSSR count). The third kappa shape index (κ3) is 5.40. The lowest BCUT2D eigenvalue weighted by Gasteiger charge is -2.40. The number of carbonyl (C=O) groups excluding carboxylic acids is 1. The molecule has 0 atom stereocenters. The quantitative estimate of drug-likeness (QED) is 0.538. The number of benzene rings is 1. The molecule has 1 aliphatic carbocycles. The number of ether oxygens (including phenoxy) is 1. The molecule has 2 aliphatic rings. The van der Waals surface area contributed by atoms with Gasteiger partial charge in [0.05, 0.1) is 30.1 Å². The second-order valence-corrected chi connectivity index (χ2v) is 9.87. The number of rotatable bonds is 6. The summed E-state index contributed by atoms with van der Waals surface area (Å²) in [4.78, 5) is 32.1. The third-order valence-electron chi connectivity index (χ3n) is 7.41. The van der Waals surface area contributed by atoms with Gasteiger partial charge in [0.25, 0.3) is 5.56 Å². The van der Waals surface area contributed by atoms with Crippen molar-refractivity contribution in [2.24, 2.45) is 5.92 Å². The van der Waals surface area contributed by atoms with Gasteiger partial charge in [0, 0.05) is 19.0 Å². The molecule has 1 amide bonds. The van der Waals surface area contributed by atoms with Crippen LogP contribution in [0.15, 0.2) is 41.6 Å². The monoisotopic (exact) mass is 519 g/mol. The van der Waals surface area contributed by atoms with Gasteiger partial charge < -0.3 is 14.7 Å². The van der Waals surface area contributed by atoms with Crippen molar-refractivity contribution in [1.29, 1.82) is 0 Å². The largest absolute Gasteiger partial charge is 0.388 e. The Hall–Kier alpha value is -3.25. The Balaban J connectivity index is 1.21. The van der Waals surface area contributed by atoms with Gasteiger partial charge in [0.1, 0.15) is 17.5 Å². The molecule has 0 unspecified atom stereocenters. The first-order valence-electron chi connectivity index (χ1n) is 12.4. The predicted octanol–water partition coefficient (Wildman–Crippen LogP) is 2.87. The van der Waals surface area contributed by atoms with Gasteiger partial charge in [-0.3, -0.25) is 14.2 Å². The number of aromatic nitrogens is 4. The van der Waals surface area contributed by atoms with Crippen LogP contribution >= 0.6 is 0 Å². The van der Waals surface area contributed by atoms with Crippen LogP contribution in [0.2, 0.25) is 0 Å². The molecule has 198 valence electrons. The van der Waals surface area contributed by atoms with Gasteiger partial charge in [-0.1, -0.05) is 0 Å². The molecule has 0 bridgehead atoms. The highest BCUT2D eigenvalue weighted by Crippen LogP contribution is 2.31. The molecular weight excluding hydrogens is 491 g/mol. The Morgan fingerprint density at radius 1 is 1.14 bits per heavy atom. The molecule has 3 aromatic rings. The Morgan fingerprint density at radius 2 is 1.81 bits per heavy atom. The lowest BCUT2D eigenvalue weighted by Crippen LogP contribution is -2.51. The zero-order valence-corrected chi connectivity index (χ0v) is 20.1. The van der Waals surface area contributed by atoms with Crippen LogP contribution in [0.3, 0.4) is 0 Å². The summed E-state index contributed by atoms with van der Waals surface area (Å²) in [6.45, 7) is -2.09. The predicted molar refractivity (Wildman–Crippen MR) is 127 cm³/mol. The summed E-state index contributed by atoms with van der Waals surface area (Å²) in [7, 11) is 0. The van der Waals surface area contributed by atoms with Crippen molar-refractivity contribution in [3.63, 3.8) is 0 Å². The SMILES string of the molecule is O=C(C1CCC(OC(F)F)CC1)N1CCC(O)(Cn2cnc3c(cnn3-c3ccc(F)cc3)c2=O)CC1. The van der Waals surface area contributed by atoms with Gasteiger partial charge in [-0.15, -0.1) is 0 Å². The smallest absolute Gasteiger partial charge is 0.345 e. The number of nitrogens with zero attached hydrogens (tertiary/aromatic N) is 5. The molecule has 12 heteroatoms. The fourth-order valence-electron chi connectivity index (χ4n) is 5.30. The van der Waals surface area contributed by atoms with Crippen molar-refractivity contribution in [3.05, 3.63) is 53.0 Å².